The molecule has 2 saturated heterocycles. The smallest absolute Gasteiger partial charge is 0.0809 e. The van der Waals surface area contributed by atoms with E-state index in [1.807, 2.05) is 0 Å². The highest BCUT2D eigenvalue weighted by Crippen LogP contribution is 2.38. The van der Waals surface area contributed by atoms with Gasteiger partial charge in [-0.3, -0.25) is 4.90 Å². The first-order valence-electron chi connectivity index (χ1n) is 6.68. The van der Waals surface area contributed by atoms with Crippen LogP contribution in [0.1, 0.15) is 40.0 Å². The third kappa shape index (κ3) is 2.48. The quantitative estimate of drug-likeness (QED) is 0.739. The Bertz CT molecular complexity index is 301. The van der Waals surface area contributed by atoms with Crippen molar-refractivity contribution in [1.29, 1.82) is 5.26 Å². The molecule has 0 unspecified atom stereocenters. The van der Waals surface area contributed by atoms with Crippen LogP contribution in [0.2, 0.25) is 0 Å². The van der Waals surface area contributed by atoms with E-state index in [1.165, 1.54) is 12.8 Å². The van der Waals surface area contributed by atoms with E-state index in [0.717, 1.165) is 32.2 Å². The first kappa shape index (κ1) is 12.9. The molecule has 0 aliphatic carbocycles. The Hall–Kier alpha value is -0.590. The fraction of sp³-hybridized carbons (Fsp3) is 0.929. The Morgan fingerprint density at radius 3 is 2.24 bits per heavy atom. The lowest BCUT2D eigenvalue weighted by Gasteiger charge is -2.52. The lowest BCUT2D eigenvalue weighted by atomic mass is 9.74. The van der Waals surface area contributed by atoms with Crippen molar-refractivity contribution in [1.82, 2.24) is 4.90 Å². The van der Waals surface area contributed by atoms with Gasteiger partial charge in [0.05, 0.1) is 31.2 Å². The molecule has 0 aromatic heterocycles. The number of hydrogen-bond acceptors (Lipinski definition) is 3. The summed E-state index contributed by atoms with van der Waals surface area (Å²) in [5.74, 6) is 0.818. The van der Waals surface area contributed by atoms with Crippen LogP contribution < -0.4 is 0 Å². The molecule has 2 aliphatic heterocycles. The highest BCUT2D eigenvalue weighted by molar-refractivity contribution is 5.03. The average molecular weight is 236 g/mol. The molecule has 3 heteroatoms. The molecule has 96 valence electrons. The molecule has 3 nitrogen and oxygen atoms in total. The molecule has 0 atom stereocenters. The van der Waals surface area contributed by atoms with E-state index in [9.17, 15) is 0 Å². The number of nitriles is 1. The molecule has 0 amide bonds. The number of hydrogen-bond donors (Lipinski definition) is 0. The molecule has 0 bridgehead atoms. The number of nitrogens with zero attached hydrogens (tertiary/aromatic N) is 2. The van der Waals surface area contributed by atoms with Crippen LogP contribution in [0, 0.1) is 22.7 Å². The van der Waals surface area contributed by atoms with Crippen molar-refractivity contribution in [2.24, 2.45) is 11.3 Å². The van der Waals surface area contributed by atoms with Crippen LogP contribution in [-0.2, 0) is 4.74 Å². The highest BCUT2D eigenvalue weighted by Gasteiger charge is 2.45. The standard InChI is InChI=1S/C14H24N2O/c1-13(2,3)12-4-8-16(9-5-12)14(6-7-15)10-17-11-14/h12H,4-6,8-11H2,1-3H3. The van der Waals surface area contributed by atoms with Crippen LogP contribution in [-0.4, -0.2) is 36.7 Å². The normalized spacial score (nSPS) is 26.2. The summed E-state index contributed by atoms with van der Waals surface area (Å²) in [6, 6.07) is 2.33. The van der Waals surface area contributed by atoms with Crippen LogP contribution in [0.25, 0.3) is 0 Å². The van der Waals surface area contributed by atoms with Gasteiger partial charge in [-0.2, -0.15) is 5.26 Å². The van der Waals surface area contributed by atoms with Crippen LogP contribution in [0.4, 0.5) is 0 Å². The summed E-state index contributed by atoms with van der Waals surface area (Å²) in [6.07, 6.45) is 3.14. The fourth-order valence-corrected chi connectivity index (χ4v) is 3.10. The minimum atomic E-state index is 0.0532. The minimum Gasteiger partial charge on any atom is -0.377 e. The highest BCUT2D eigenvalue weighted by atomic mass is 16.5. The van der Waals surface area contributed by atoms with Gasteiger partial charge in [0.1, 0.15) is 0 Å². The zero-order chi connectivity index (χ0) is 12.5. The van der Waals surface area contributed by atoms with Gasteiger partial charge < -0.3 is 4.74 Å². The second kappa shape index (κ2) is 4.59. The first-order valence-corrected chi connectivity index (χ1v) is 6.68. The maximum Gasteiger partial charge on any atom is 0.0809 e. The first-order chi connectivity index (χ1) is 7.98. The van der Waals surface area contributed by atoms with Gasteiger partial charge >= 0.3 is 0 Å². The van der Waals surface area contributed by atoms with E-state index in [0.29, 0.717) is 11.8 Å². The van der Waals surface area contributed by atoms with Gasteiger partial charge in [-0.25, -0.2) is 0 Å². The molecule has 2 fully saturated rings. The summed E-state index contributed by atoms with van der Waals surface area (Å²) >= 11 is 0. The number of piperidine rings is 1. The molecule has 0 aromatic rings. The fourth-order valence-electron chi connectivity index (χ4n) is 3.10. The Labute approximate surface area is 105 Å². The van der Waals surface area contributed by atoms with E-state index >= 15 is 0 Å². The van der Waals surface area contributed by atoms with Crippen LogP contribution >= 0.6 is 0 Å². The molecule has 0 N–H and O–H groups in total. The largest absolute Gasteiger partial charge is 0.377 e. The minimum absolute atomic E-state index is 0.0532. The van der Waals surface area contributed by atoms with Gasteiger partial charge in [-0.05, 0) is 37.3 Å². The van der Waals surface area contributed by atoms with Crippen molar-refractivity contribution < 1.29 is 4.74 Å². The van der Waals surface area contributed by atoms with E-state index in [1.54, 1.807) is 0 Å². The van der Waals surface area contributed by atoms with Crippen molar-refractivity contribution in [2.45, 2.75) is 45.6 Å². The lowest BCUT2D eigenvalue weighted by Crippen LogP contribution is -2.63. The van der Waals surface area contributed by atoms with E-state index in [-0.39, 0.29) is 5.54 Å². The summed E-state index contributed by atoms with van der Waals surface area (Å²) < 4.78 is 5.35. The third-order valence-electron chi connectivity index (χ3n) is 4.54. The van der Waals surface area contributed by atoms with Gasteiger partial charge in [0.2, 0.25) is 0 Å². The molecule has 0 saturated carbocycles. The van der Waals surface area contributed by atoms with Crippen LogP contribution in [0.3, 0.4) is 0 Å². The maximum atomic E-state index is 8.95. The van der Waals surface area contributed by atoms with E-state index in [2.05, 4.69) is 31.7 Å². The monoisotopic (exact) mass is 236 g/mol. The van der Waals surface area contributed by atoms with Gasteiger partial charge in [0.15, 0.2) is 0 Å². The summed E-state index contributed by atoms with van der Waals surface area (Å²) in [7, 11) is 0. The van der Waals surface area contributed by atoms with Crippen LogP contribution in [0.5, 0.6) is 0 Å². The molecule has 2 rings (SSSR count). The topological polar surface area (TPSA) is 36.3 Å². The van der Waals surface area contributed by atoms with Gasteiger partial charge in [-0.1, -0.05) is 20.8 Å². The molecule has 2 heterocycles. The van der Waals surface area contributed by atoms with Gasteiger partial charge in [0.25, 0.3) is 0 Å². The lowest BCUT2D eigenvalue weighted by molar-refractivity contribution is -0.148. The number of rotatable bonds is 2. The zero-order valence-corrected chi connectivity index (χ0v) is 11.3. The average Bonchev–Trinajstić information content (AvgIpc) is 2.22. The van der Waals surface area contributed by atoms with E-state index < -0.39 is 0 Å². The molecule has 2 aliphatic rings. The predicted octanol–water partition coefficient (Wildman–Crippen LogP) is 2.43. The predicted molar refractivity (Wildman–Crippen MR) is 67.5 cm³/mol. The van der Waals surface area contributed by atoms with Crippen LogP contribution in [0.15, 0.2) is 0 Å². The Morgan fingerprint density at radius 2 is 1.88 bits per heavy atom. The summed E-state index contributed by atoms with van der Waals surface area (Å²) in [6.45, 7) is 10.8. The second-order valence-electron chi connectivity index (χ2n) is 6.68. The van der Waals surface area contributed by atoms with Crippen molar-refractivity contribution in [2.75, 3.05) is 26.3 Å². The maximum absolute atomic E-state index is 8.95. The SMILES string of the molecule is CC(C)(C)C1CCN(C2(CC#N)COC2)CC1. The van der Waals surface area contributed by atoms with Gasteiger partial charge in [0, 0.05) is 0 Å². The zero-order valence-electron chi connectivity index (χ0n) is 11.3. The molecule has 0 radical (unpaired) electrons. The Balaban J connectivity index is 1.93. The molecule has 0 aromatic carbocycles. The summed E-state index contributed by atoms with van der Waals surface area (Å²) in [5.41, 5.74) is 0.474. The third-order valence-corrected chi connectivity index (χ3v) is 4.54. The van der Waals surface area contributed by atoms with Crippen molar-refractivity contribution in [3.05, 3.63) is 0 Å². The second-order valence-corrected chi connectivity index (χ2v) is 6.68. The molecule has 0 spiro atoms. The Kier molecular flexibility index (Phi) is 3.47. The molecule has 17 heavy (non-hydrogen) atoms. The molecular weight excluding hydrogens is 212 g/mol. The summed E-state index contributed by atoms with van der Waals surface area (Å²) in [5, 5.41) is 8.95. The molecular formula is C14H24N2O. The van der Waals surface area contributed by atoms with Gasteiger partial charge in [-0.15, -0.1) is 0 Å². The number of ether oxygens (including phenoxy) is 1. The summed E-state index contributed by atoms with van der Waals surface area (Å²) in [4.78, 5) is 2.50. The van der Waals surface area contributed by atoms with E-state index in [4.69, 9.17) is 10.00 Å². The Morgan fingerprint density at radius 1 is 1.29 bits per heavy atom. The van der Waals surface area contributed by atoms with Crippen molar-refractivity contribution in [3.63, 3.8) is 0 Å². The van der Waals surface area contributed by atoms with Crippen molar-refractivity contribution in [3.8, 4) is 6.07 Å². The number of likely N-dealkylation sites (tertiary alicyclic amines) is 1. The van der Waals surface area contributed by atoms with Crippen molar-refractivity contribution >= 4 is 0 Å².